The Balaban J connectivity index is 2.46. The topological polar surface area (TPSA) is 84.6 Å². The van der Waals surface area contributed by atoms with Gasteiger partial charge in [-0.1, -0.05) is 26.0 Å². The van der Waals surface area contributed by atoms with E-state index >= 15 is 0 Å². The summed E-state index contributed by atoms with van der Waals surface area (Å²) in [7, 11) is 1.58. The Morgan fingerprint density at radius 1 is 1.40 bits per heavy atom. The van der Waals surface area contributed by atoms with Gasteiger partial charge in [-0.2, -0.15) is 0 Å². The number of amides is 1. The second-order valence-corrected chi connectivity index (χ2v) is 5.20. The molecule has 0 bridgehead atoms. The van der Waals surface area contributed by atoms with Crippen LogP contribution in [0, 0.1) is 5.92 Å². The van der Waals surface area contributed by atoms with Crippen LogP contribution >= 0.6 is 0 Å². The maximum atomic E-state index is 11.4. The number of carbonyl (C=O) groups excluding carboxylic acids is 1. The van der Waals surface area contributed by atoms with Crippen LogP contribution in [0.3, 0.4) is 0 Å². The fourth-order valence-electron chi connectivity index (χ4n) is 1.80. The van der Waals surface area contributed by atoms with Crippen molar-refractivity contribution in [1.29, 1.82) is 0 Å². The molecule has 0 heterocycles. The van der Waals surface area contributed by atoms with Gasteiger partial charge in [-0.3, -0.25) is 10.5 Å². The molecule has 0 saturated heterocycles. The van der Waals surface area contributed by atoms with Gasteiger partial charge in [0.25, 0.3) is 0 Å². The predicted octanol–water partition coefficient (Wildman–Crippen LogP) is 1.35. The molecule has 0 spiro atoms. The van der Waals surface area contributed by atoms with E-state index in [0.29, 0.717) is 30.7 Å². The Morgan fingerprint density at radius 3 is 2.50 bits per heavy atom. The van der Waals surface area contributed by atoms with E-state index in [1.165, 1.54) is 0 Å². The van der Waals surface area contributed by atoms with Gasteiger partial charge in [-0.25, -0.2) is 0 Å². The summed E-state index contributed by atoms with van der Waals surface area (Å²) in [5, 5.41) is 13.0. The molecule has 112 valence electrons. The molecule has 5 heteroatoms. The minimum Gasteiger partial charge on any atom is -0.497 e. The van der Waals surface area contributed by atoms with Crippen molar-refractivity contribution in [3.63, 3.8) is 0 Å². The third-order valence-electron chi connectivity index (χ3n) is 3.15. The molecular weight excluding hydrogens is 256 g/mol. The van der Waals surface area contributed by atoms with E-state index in [4.69, 9.17) is 10.5 Å². The van der Waals surface area contributed by atoms with Crippen molar-refractivity contribution in [3.05, 3.63) is 29.8 Å². The lowest BCUT2D eigenvalue weighted by Gasteiger charge is -2.24. The molecule has 5 nitrogen and oxygen atoms in total. The number of methoxy groups -OCH3 is 1. The minimum atomic E-state index is -1.39. The first-order valence-electron chi connectivity index (χ1n) is 6.80. The normalized spacial score (nSPS) is 13.9. The summed E-state index contributed by atoms with van der Waals surface area (Å²) in [4.78, 5) is 11.4. The molecule has 1 rings (SSSR count). The molecule has 0 aliphatic carbocycles. The summed E-state index contributed by atoms with van der Waals surface area (Å²) < 4.78 is 5.06. The molecule has 1 aromatic carbocycles. The summed E-state index contributed by atoms with van der Waals surface area (Å²) in [6, 6.07) is 7.00. The second-order valence-electron chi connectivity index (χ2n) is 5.20. The second kappa shape index (κ2) is 7.26. The van der Waals surface area contributed by atoms with E-state index in [1.807, 2.05) is 13.8 Å². The molecular formula is C15H24N2O3. The van der Waals surface area contributed by atoms with Gasteiger partial charge < -0.3 is 15.2 Å². The van der Waals surface area contributed by atoms with E-state index in [9.17, 15) is 9.90 Å². The Morgan fingerprint density at radius 2 is 2.00 bits per heavy atom. The van der Waals surface area contributed by atoms with Crippen molar-refractivity contribution in [2.24, 2.45) is 11.7 Å². The number of aliphatic hydroxyl groups is 1. The molecule has 1 amide bonds. The highest BCUT2D eigenvalue weighted by molar-refractivity contribution is 5.77. The average Bonchev–Trinajstić information content (AvgIpc) is 2.43. The number of rotatable bonds is 7. The lowest BCUT2D eigenvalue weighted by molar-refractivity contribution is -0.124. The predicted molar refractivity (Wildman–Crippen MR) is 78.2 cm³/mol. The van der Waals surface area contributed by atoms with Crippen molar-refractivity contribution >= 4 is 5.91 Å². The molecule has 20 heavy (non-hydrogen) atoms. The first-order valence-corrected chi connectivity index (χ1v) is 6.80. The number of ether oxygens (including phenoxy) is 1. The fraction of sp³-hybridized carbons (Fsp3) is 0.533. The zero-order valence-corrected chi connectivity index (χ0v) is 12.3. The van der Waals surface area contributed by atoms with Crippen molar-refractivity contribution < 1.29 is 14.6 Å². The minimum absolute atomic E-state index is 0.00927. The Kier molecular flexibility index (Phi) is 5.98. The van der Waals surface area contributed by atoms with Crippen LogP contribution < -0.4 is 15.8 Å². The lowest BCUT2D eigenvalue weighted by atomic mass is 9.98. The summed E-state index contributed by atoms with van der Waals surface area (Å²) >= 11 is 0. The van der Waals surface area contributed by atoms with Crippen LogP contribution in [-0.2, 0) is 10.5 Å². The van der Waals surface area contributed by atoms with Gasteiger partial charge >= 0.3 is 0 Å². The maximum Gasteiger partial charge on any atom is 0.222 e. The van der Waals surface area contributed by atoms with Gasteiger partial charge in [-0.05, 0) is 30.5 Å². The molecule has 1 unspecified atom stereocenters. The van der Waals surface area contributed by atoms with E-state index in [1.54, 1.807) is 31.4 Å². The molecule has 0 fully saturated rings. The Hall–Kier alpha value is -1.59. The molecule has 0 radical (unpaired) electrons. The van der Waals surface area contributed by atoms with Crippen LogP contribution in [0.2, 0.25) is 0 Å². The third-order valence-corrected chi connectivity index (χ3v) is 3.15. The van der Waals surface area contributed by atoms with Crippen LogP contribution in [0.5, 0.6) is 5.75 Å². The highest BCUT2D eigenvalue weighted by atomic mass is 16.5. The summed E-state index contributed by atoms with van der Waals surface area (Å²) in [5.41, 5.74) is 5.15. The van der Waals surface area contributed by atoms with E-state index < -0.39 is 5.72 Å². The van der Waals surface area contributed by atoms with E-state index in [0.717, 1.165) is 0 Å². The SMILES string of the molecule is COc1ccc(C(N)(O)CCCNC(=O)C(C)C)cc1. The zero-order valence-electron chi connectivity index (χ0n) is 12.3. The van der Waals surface area contributed by atoms with E-state index in [2.05, 4.69) is 5.32 Å². The molecule has 0 aliphatic heterocycles. The molecule has 0 aromatic heterocycles. The van der Waals surface area contributed by atoms with Gasteiger partial charge in [0.15, 0.2) is 0 Å². The Labute approximate surface area is 120 Å². The highest BCUT2D eigenvalue weighted by Crippen LogP contribution is 2.22. The zero-order chi connectivity index (χ0) is 15.2. The van der Waals surface area contributed by atoms with Crippen molar-refractivity contribution in [2.45, 2.75) is 32.4 Å². The number of carbonyl (C=O) groups is 1. The van der Waals surface area contributed by atoms with Gasteiger partial charge in [0.1, 0.15) is 11.5 Å². The van der Waals surface area contributed by atoms with Gasteiger partial charge in [0, 0.05) is 12.5 Å². The third kappa shape index (κ3) is 4.83. The van der Waals surface area contributed by atoms with Crippen LogP contribution in [0.1, 0.15) is 32.3 Å². The van der Waals surface area contributed by atoms with Gasteiger partial charge in [0.05, 0.1) is 7.11 Å². The van der Waals surface area contributed by atoms with Crippen LogP contribution in [-0.4, -0.2) is 24.7 Å². The molecule has 4 N–H and O–H groups in total. The van der Waals surface area contributed by atoms with Gasteiger partial charge in [0.2, 0.25) is 5.91 Å². The Bertz CT molecular complexity index is 427. The van der Waals surface area contributed by atoms with Crippen molar-refractivity contribution in [1.82, 2.24) is 5.32 Å². The number of hydrogen-bond donors (Lipinski definition) is 3. The number of hydrogen-bond acceptors (Lipinski definition) is 4. The van der Waals surface area contributed by atoms with Crippen molar-refractivity contribution in [2.75, 3.05) is 13.7 Å². The lowest BCUT2D eigenvalue weighted by Crippen LogP contribution is -2.37. The molecule has 1 atom stereocenters. The average molecular weight is 280 g/mol. The number of nitrogens with two attached hydrogens (primary N) is 1. The molecule has 0 saturated carbocycles. The maximum absolute atomic E-state index is 11.4. The smallest absolute Gasteiger partial charge is 0.222 e. The standard InChI is InChI=1S/C15H24N2O3/c1-11(2)14(18)17-10-4-9-15(16,19)12-5-7-13(20-3)8-6-12/h5-8,11,19H,4,9-10,16H2,1-3H3,(H,17,18). The largest absolute Gasteiger partial charge is 0.497 e. The molecule has 1 aromatic rings. The monoisotopic (exact) mass is 280 g/mol. The molecule has 0 aliphatic rings. The first-order chi connectivity index (χ1) is 9.36. The van der Waals surface area contributed by atoms with Crippen LogP contribution in [0.4, 0.5) is 0 Å². The number of benzene rings is 1. The van der Waals surface area contributed by atoms with Crippen molar-refractivity contribution in [3.8, 4) is 5.75 Å². The van der Waals surface area contributed by atoms with Crippen LogP contribution in [0.25, 0.3) is 0 Å². The fourth-order valence-corrected chi connectivity index (χ4v) is 1.80. The van der Waals surface area contributed by atoms with Gasteiger partial charge in [-0.15, -0.1) is 0 Å². The quantitative estimate of drug-likeness (QED) is 0.520. The highest BCUT2D eigenvalue weighted by Gasteiger charge is 2.23. The summed E-state index contributed by atoms with van der Waals surface area (Å²) in [6.45, 7) is 4.19. The summed E-state index contributed by atoms with van der Waals surface area (Å²) in [5.74, 6) is 0.692. The van der Waals surface area contributed by atoms with E-state index in [-0.39, 0.29) is 11.8 Å². The van der Waals surface area contributed by atoms with Crippen LogP contribution in [0.15, 0.2) is 24.3 Å². The number of nitrogens with one attached hydrogen (secondary N) is 1. The first kappa shape index (κ1) is 16.5. The summed E-state index contributed by atoms with van der Waals surface area (Å²) in [6.07, 6.45) is 0.981.